The van der Waals surface area contributed by atoms with Crippen LogP contribution in [0.4, 0.5) is 11.5 Å². The zero-order valence-corrected chi connectivity index (χ0v) is 12.2. The molecule has 0 saturated carbocycles. The molecule has 20 heavy (non-hydrogen) atoms. The summed E-state index contributed by atoms with van der Waals surface area (Å²) < 4.78 is 0. The number of carboxylic acids is 1. The topological polar surface area (TPSA) is 79.5 Å². The molecule has 0 radical (unpaired) electrons. The standard InChI is InChI=1S/C15H23N3O2/c1-15(2,14(19)20)9-11-5-7-18(8-6-11)13-4-3-12(16)10-17-13/h3-4,10-11H,5-9,16H2,1-2H3,(H,19,20). The first-order valence-electron chi connectivity index (χ1n) is 7.08. The van der Waals surface area contributed by atoms with Crippen LogP contribution in [0.25, 0.3) is 0 Å². The molecule has 1 aromatic heterocycles. The highest BCUT2D eigenvalue weighted by Crippen LogP contribution is 2.32. The molecule has 2 heterocycles. The van der Waals surface area contributed by atoms with Crippen LogP contribution in [0, 0.1) is 11.3 Å². The predicted octanol–water partition coefficient (Wildman–Crippen LogP) is 2.38. The molecule has 1 aliphatic rings. The van der Waals surface area contributed by atoms with E-state index in [0.29, 0.717) is 11.6 Å². The van der Waals surface area contributed by atoms with Crippen molar-refractivity contribution in [1.29, 1.82) is 0 Å². The summed E-state index contributed by atoms with van der Waals surface area (Å²) in [7, 11) is 0. The van der Waals surface area contributed by atoms with Crippen LogP contribution in [-0.4, -0.2) is 29.1 Å². The number of pyridine rings is 1. The lowest BCUT2D eigenvalue weighted by molar-refractivity contribution is -0.148. The number of hydrogen-bond acceptors (Lipinski definition) is 4. The number of nitrogen functional groups attached to an aromatic ring is 1. The van der Waals surface area contributed by atoms with Crippen molar-refractivity contribution in [1.82, 2.24) is 4.98 Å². The summed E-state index contributed by atoms with van der Waals surface area (Å²) in [6, 6.07) is 3.80. The van der Waals surface area contributed by atoms with Crippen LogP contribution in [0.3, 0.4) is 0 Å². The highest BCUT2D eigenvalue weighted by Gasteiger charge is 2.32. The van der Waals surface area contributed by atoms with Gasteiger partial charge in [0.25, 0.3) is 0 Å². The van der Waals surface area contributed by atoms with Gasteiger partial charge in [-0.1, -0.05) is 0 Å². The minimum Gasteiger partial charge on any atom is -0.481 e. The molecule has 0 unspecified atom stereocenters. The molecule has 0 aliphatic carbocycles. The predicted molar refractivity (Wildman–Crippen MR) is 79.6 cm³/mol. The van der Waals surface area contributed by atoms with Gasteiger partial charge in [0.1, 0.15) is 5.82 Å². The van der Waals surface area contributed by atoms with E-state index in [1.165, 1.54) is 0 Å². The summed E-state index contributed by atoms with van der Waals surface area (Å²) in [6.07, 6.45) is 4.45. The monoisotopic (exact) mass is 277 g/mol. The lowest BCUT2D eigenvalue weighted by Crippen LogP contribution is -2.37. The lowest BCUT2D eigenvalue weighted by atomic mass is 9.79. The van der Waals surface area contributed by atoms with Crippen molar-refractivity contribution in [2.24, 2.45) is 11.3 Å². The van der Waals surface area contributed by atoms with Crippen molar-refractivity contribution in [2.75, 3.05) is 23.7 Å². The fourth-order valence-corrected chi connectivity index (χ4v) is 2.76. The van der Waals surface area contributed by atoms with Gasteiger partial charge in [0.2, 0.25) is 0 Å². The van der Waals surface area contributed by atoms with E-state index in [1.54, 1.807) is 6.20 Å². The lowest BCUT2D eigenvalue weighted by Gasteiger charge is -2.35. The Labute approximate surface area is 119 Å². The van der Waals surface area contributed by atoms with Crippen LogP contribution in [-0.2, 0) is 4.79 Å². The summed E-state index contributed by atoms with van der Waals surface area (Å²) in [5, 5.41) is 9.20. The van der Waals surface area contributed by atoms with Crippen molar-refractivity contribution >= 4 is 17.5 Å². The van der Waals surface area contributed by atoms with E-state index in [1.807, 2.05) is 26.0 Å². The Morgan fingerprint density at radius 2 is 2.10 bits per heavy atom. The fourth-order valence-electron chi connectivity index (χ4n) is 2.76. The Kier molecular flexibility index (Phi) is 4.16. The number of nitrogens with zero attached hydrogens (tertiary/aromatic N) is 2. The zero-order valence-electron chi connectivity index (χ0n) is 12.2. The summed E-state index contributed by atoms with van der Waals surface area (Å²) >= 11 is 0. The van der Waals surface area contributed by atoms with Gasteiger partial charge in [-0.3, -0.25) is 4.79 Å². The smallest absolute Gasteiger partial charge is 0.309 e. The van der Waals surface area contributed by atoms with Crippen molar-refractivity contribution in [2.45, 2.75) is 33.1 Å². The van der Waals surface area contributed by atoms with Gasteiger partial charge in [-0.15, -0.1) is 0 Å². The molecule has 110 valence electrons. The molecule has 1 aliphatic heterocycles. The molecule has 3 N–H and O–H groups in total. The average molecular weight is 277 g/mol. The van der Waals surface area contributed by atoms with Crippen molar-refractivity contribution < 1.29 is 9.90 Å². The number of hydrogen-bond donors (Lipinski definition) is 2. The number of aliphatic carboxylic acids is 1. The first-order valence-corrected chi connectivity index (χ1v) is 7.08. The van der Waals surface area contributed by atoms with Crippen LogP contribution in [0.2, 0.25) is 0 Å². The molecular formula is C15H23N3O2. The third-order valence-electron chi connectivity index (χ3n) is 4.09. The second-order valence-corrected chi connectivity index (χ2v) is 6.27. The van der Waals surface area contributed by atoms with Crippen molar-refractivity contribution in [3.8, 4) is 0 Å². The Morgan fingerprint density at radius 3 is 2.60 bits per heavy atom. The molecule has 1 saturated heterocycles. The van der Waals surface area contributed by atoms with Crippen molar-refractivity contribution in [3.05, 3.63) is 18.3 Å². The molecule has 5 heteroatoms. The first-order chi connectivity index (χ1) is 9.38. The average Bonchev–Trinajstić information content (AvgIpc) is 2.40. The van der Waals surface area contributed by atoms with Gasteiger partial charge in [-0.25, -0.2) is 4.98 Å². The second-order valence-electron chi connectivity index (χ2n) is 6.27. The minimum atomic E-state index is -0.708. The maximum absolute atomic E-state index is 11.2. The number of carbonyl (C=O) groups is 1. The molecule has 0 amide bonds. The molecule has 0 spiro atoms. The molecular weight excluding hydrogens is 254 g/mol. The van der Waals surface area contributed by atoms with Gasteiger partial charge in [0.05, 0.1) is 17.3 Å². The van der Waals surface area contributed by atoms with E-state index in [-0.39, 0.29) is 0 Å². The van der Waals surface area contributed by atoms with Gasteiger partial charge in [0, 0.05) is 13.1 Å². The van der Waals surface area contributed by atoms with Gasteiger partial charge in [-0.2, -0.15) is 0 Å². The zero-order chi connectivity index (χ0) is 14.8. The summed E-state index contributed by atoms with van der Waals surface area (Å²) in [5.74, 6) is 0.724. The number of carboxylic acid groups (broad SMARTS) is 1. The molecule has 1 fully saturated rings. The summed E-state index contributed by atoms with van der Waals surface area (Å²) in [4.78, 5) is 17.8. The van der Waals surface area contributed by atoms with Gasteiger partial charge < -0.3 is 15.7 Å². The molecule has 0 atom stereocenters. The Morgan fingerprint density at radius 1 is 1.45 bits per heavy atom. The molecule has 5 nitrogen and oxygen atoms in total. The highest BCUT2D eigenvalue weighted by molar-refractivity contribution is 5.73. The van der Waals surface area contributed by atoms with E-state index in [2.05, 4.69) is 9.88 Å². The van der Waals surface area contributed by atoms with Crippen LogP contribution in [0.15, 0.2) is 18.3 Å². The number of nitrogens with two attached hydrogens (primary N) is 1. The summed E-state index contributed by atoms with van der Waals surface area (Å²) in [6.45, 7) is 5.47. The number of piperidine rings is 1. The van der Waals surface area contributed by atoms with Crippen LogP contribution in [0.5, 0.6) is 0 Å². The van der Waals surface area contributed by atoms with E-state index in [4.69, 9.17) is 5.73 Å². The van der Waals surface area contributed by atoms with E-state index < -0.39 is 11.4 Å². The molecule has 0 aromatic carbocycles. The third kappa shape index (κ3) is 3.40. The Hall–Kier alpha value is -1.78. The molecule has 0 bridgehead atoms. The third-order valence-corrected chi connectivity index (χ3v) is 4.09. The first kappa shape index (κ1) is 14.6. The molecule has 2 rings (SSSR count). The van der Waals surface area contributed by atoms with Crippen molar-refractivity contribution in [3.63, 3.8) is 0 Å². The minimum absolute atomic E-state index is 0.478. The Bertz CT molecular complexity index is 463. The van der Waals surface area contributed by atoms with E-state index >= 15 is 0 Å². The van der Waals surface area contributed by atoms with E-state index in [9.17, 15) is 9.90 Å². The van der Waals surface area contributed by atoms with Gasteiger partial charge in [0.15, 0.2) is 0 Å². The van der Waals surface area contributed by atoms with Gasteiger partial charge in [-0.05, 0) is 51.2 Å². The maximum atomic E-state index is 11.2. The second kappa shape index (κ2) is 5.69. The summed E-state index contributed by atoms with van der Waals surface area (Å²) in [5.41, 5.74) is 5.68. The number of anilines is 2. The van der Waals surface area contributed by atoms with Gasteiger partial charge >= 0.3 is 5.97 Å². The maximum Gasteiger partial charge on any atom is 0.309 e. The van der Waals surface area contributed by atoms with Crippen LogP contribution < -0.4 is 10.6 Å². The van der Waals surface area contributed by atoms with Crippen LogP contribution in [0.1, 0.15) is 33.1 Å². The fraction of sp³-hybridized carbons (Fsp3) is 0.600. The number of aromatic nitrogens is 1. The Balaban J connectivity index is 1.89. The molecule has 1 aromatic rings. The highest BCUT2D eigenvalue weighted by atomic mass is 16.4. The quantitative estimate of drug-likeness (QED) is 0.883. The van der Waals surface area contributed by atoms with Crippen LogP contribution >= 0.6 is 0 Å². The van der Waals surface area contributed by atoms with E-state index in [0.717, 1.165) is 38.2 Å². The normalized spacial score (nSPS) is 17.2. The largest absolute Gasteiger partial charge is 0.481 e. The SMILES string of the molecule is CC(C)(CC1CCN(c2ccc(N)cn2)CC1)C(=O)O. The number of rotatable bonds is 4.